The third kappa shape index (κ3) is 10.1. The van der Waals surface area contributed by atoms with Gasteiger partial charge in [0.05, 0.1) is 52.8 Å². The summed E-state index contributed by atoms with van der Waals surface area (Å²) in [5.41, 5.74) is 5.10. The fraction of sp³-hybridized carbons (Fsp3) is 0.415. The number of piperidine rings is 3. The van der Waals surface area contributed by atoms with Gasteiger partial charge in [-0.25, -0.2) is 9.37 Å². The molecule has 1 atom stereocenters. The van der Waals surface area contributed by atoms with Crippen molar-refractivity contribution in [3.63, 3.8) is 0 Å². The molecule has 8 heterocycles. The molecule has 20 nitrogen and oxygen atoms in total. The van der Waals surface area contributed by atoms with E-state index in [0.29, 0.717) is 77.8 Å². The highest BCUT2D eigenvalue weighted by molar-refractivity contribution is 7.71. The van der Waals surface area contributed by atoms with Crippen LogP contribution in [0.1, 0.15) is 59.2 Å². The highest BCUT2D eigenvalue weighted by Gasteiger charge is 2.45. The first-order valence-electron chi connectivity index (χ1n) is 25.6. The van der Waals surface area contributed by atoms with Crippen molar-refractivity contribution in [2.24, 2.45) is 7.05 Å². The number of aromatic nitrogens is 6. The molecule has 0 spiro atoms. The molecule has 76 heavy (non-hydrogen) atoms. The molecular weight excluding hydrogens is 1010 g/mol. The number of rotatable bonds is 13. The standard InChI is InChI=1S/C53H59ClFN14O6P/c1-64-30-32(28-59-64)36-26-41(61-52-58-29-38(54)48(63-52)60-40-8-7-39-46(57-16-15-56-39)47(40)76(3,4)74)44(75-2)27-43(36)68-17-11-33(12-18-68)67-23-21-65(22-24-67)31-53(55)13-19-66(20-14-53)34-5-6-35-37(25-34)51(73)69(50(35)72)42-9-10-45(70)62-49(42)71/h5-8,15-16,25-30,33,42H,9-14,17-24,31H2,1-4H3,(H,62,70,71)(H2,58,60,61,63). The SMILES string of the molecule is COc1cc(N2CCC(N3CCN(CC4(F)CCN(c5ccc6c(c5)C(=O)N(C5CCC(=O)NC5=O)C6=O)CC4)CC3)CC2)c(-c2cnn(C)c2)cc1Nc1ncc(Cl)c(Nc2ccc3nccnc3c2P(C)(C)=O)n1. The number of piperazine rings is 1. The van der Waals surface area contributed by atoms with Crippen LogP contribution >= 0.6 is 18.7 Å². The van der Waals surface area contributed by atoms with E-state index in [4.69, 9.17) is 21.3 Å². The Morgan fingerprint density at radius 1 is 0.829 bits per heavy atom. The maximum Gasteiger partial charge on any atom is 0.262 e. The summed E-state index contributed by atoms with van der Waals surface area (Å²) in [5.74, 6) is -1.00. The van der Waals surface area contributed by atoms with E-state index in [0.717, 1.165) is 79.5 Å². The summed E-state index contributed by atoms with van der Waals surface area (Å²) in [6, 6.07) is 12.1. The number of hydrogen-bond donors (Lipinski definition) is 3. The summed E-state index contributed by atoms with van der Waals surface area (Å²) < 4.78 is 38.0. The Labute approximate surface area is 443 Å². The Bertz CT molecular complexity index is 3330. The lowest BCUT2D eigenvalue weighted by molar-refractivity contribution is -0.136. The number of carbonyl (C=O) groups excluding carboxylic acids is 4. The molecule has 1 unspecified atom stereocenters. The van der Waals surface area contributed by atoms with Gasteiger partial charge in [0.15, 0.2) is 5.82 Å². The molecule has 4 saturated heterocycles. The molecule has 4 amide bonds. The lowest BCUT2D eigenvalue weighted by Crippen LogP contribution is -2.56. The van der Waals surface area contributed by atoms with Crippen LogP contribution in [0.5, 0.6) is 5.75 Å². The van der Waals surface area contributed by atoms with Crippen LogP contribution in [-0.2, 0) is 21.2 Å². The zero-order chi connectivity index (χ0) is 53.0. The second-order valence-corrected chi connectivity index (χ2v) is 24.3. The van der Waals surface area contributed by atoms with Crippen LogP contribution in [0, 0.1) is 0 Å². The number of imide groups is 2. The molecule has 5 aliphatic rings. The molecule has 0 bridgehead atoms. The van der Waals surface area contributed by atoms with E-state index >= 15 is 4.39 Å². The zero-order valence-corrected chi connectivity index (χ0v) is 44.4. The van der Waals surface area contributed by atoms with Crippen LogP contribution in [0.2, 0.25) is 5.02 Å². The van der Waals surface area contributed by atoms with Crippen molar-refractivity contribution in [2.45, 2.75) is 56.3 Å². The maximum atomic E-state index is 16.6. The number of halogens is 2. The first-order valence-corrected chi connectivity index (χ1v) is 28.6. The fourth-order valence-corrected chi connectivity index (χ4v) is 13.0. The maximum absolute atomic E-state index is 16.6. The molecule has 6 aromatic rings. The summed E-state index contributed by atoms with van der Waals surface area (Å²) in [4.78, 5) is 79.3. The minimum Gasteiger partial charge on any atom is -0.494 e. The van der Waals surface area contributed by atoms with Crippen molar-refractivity contribution in [3.8, 4) is 16.9 Å². The quantitative estimate of drug-likeness (QED) is 0.0865. The van der Waals surface area contributed by atoms with Crippen molar-refractivity contribution in [1.82, 2.24) is 49.7 Å². The lowest BCUT2D eigenvalue weighted by Gasteiger charge is -2.45. The molecule has 0 saturated carbocycles. The van der Waals surface area contributed by atoms with E-state index in [1.807, 2.05) is 37.6 Å². The minimum absolute atomic E-state index is 0.0535. The number of carbonyl (C=O) groups is 4. The van der Waals surface area contributed by atoms with Crippen LogP contribution in [-0.4, -0.2) is 165 Å². The van der Waals surface area contributed by atoms with Gasteiger partial charge in [-0.1, -0.05) is 11.6 Å². The molecule has 0 aliphatic carbocycles. The third-order valence-corrected chi connectivity index (χ3v) is 17.2. The number of amides is 4. The number of aryl methyl sites for hydroxylation is 1. The number of methoxy groups -OCH3 is 1. The van der Waals surface area contributed by atoms with Gasteiger partial charge in [0, 0.05) is 138 Å². The Morgan fingerprint density at radius 3 is 2.29 bits per heavy atom. The summed E-state index contributed by atoms with van der Waals surface area (Å²) >= 11 is 6.68. The number of hydrogen-bond acceptors (Lipinski definition) is 17. The molecule has 396 valence electrons. The molecule has 4 fully saturated rings. The number of nitrogens with one attached hydrogen (secondary N) is 3. The van der Waals surface area contributed by atoms with Crippen molar-refractivity contribution >= 4 is 93.2 Å². The van der Waals surface area contributed by atoms with Gasteiger partial charge in [-0.3, -0.25) is 53.8 Å². The Hall–Kier alpha value is -7.06. The van der Waals surface area contributed by atoms with Crippen molar-refractivity contribution in [1.29, 1.82) is 0 Å². The third-order valence-electron chi connectivity index (χ3n) is 15.4. The molecule has 3 aromatic carbocycles. The second-order valence-electron chi connectivity index (χ2n) is 20.7. The van der Waals surface area contributed by atoms with Crippen molar-refractivity contribution in [3.05, 3.63) is 89.6 Å². The van der Waals surface area contributed by atoms with E-state index in [1.165, 1.54) is 6.20 Å². The first-order chi connectivity index (χ1) is 36.5. The van der Waals surface area contributed by atoms with Gasteiger partial charge in [0.25, 0.3) is 11.8 Å². The molecule has 3 N–H and O–H groups in total. The van der Waals surface area contributed by atoms with E-state index in [-0.39, 0.29) is 34.9 Å². The van der Waals surface area contributed by atoms with E-state index in [1.54, 1.807) is 61.8 Å². The van der Waals surface area contributed by atoms with Crippen LogP contribution in [0.25, 0.3) is 22.2 Å². The zero-order valence-electron chi connectivity index (χ0n) is 42.8. The molecule has 11 rings (SSSR count). The number of nitrogens with zero attached hydrogens (tertiary/aromatic N) is 11. The van der Waals surface area contributed by atoms with E-state index < -0.39 is 42.5 Å². The highest BCUT2D eigenvalue weighted by atomic mass is 35.5. The van der Waals surface area contributed by atoms with Gasteiger partial charge in [0.1, 0.15) is 35.1 Å². The second kappa shape index (κ2) is 20.5. The number of alkyl halides is 1. The van der Waals surface area contributed by atoms with Gasteiger partial charge in [-0.15, -0.1) is 0 Å². The van der Waals surface area contributed by atoms with Crippen LogP contribution < -0.4 is 35.8 Å². The average molecular weight is 1070 g/mol. The predicted octanol–water partition coefficient (Wildman–Crippen LogP) is 6.21. The lowest BCUT2D eigenvalue weighted by atomic mass is 9.91. The van der Waals surface area contributed by atoms with Crippen molar-refractivity contribution in [2.75, 3.05) is 99.8 Å². The van der Waals surface area contributed by atoms with Gasteiger partial charge in [-0.05, 0) is 69.0 Å². The molecule has 5 aliphatic heterocycles. The van der Waals surface area contributed by atoms with Gasteiger partial charge < -0.3 is 29.7 Å². The average Bonchev–Trinajstić information content (AvgIpc) is 3.98. The first kappa shape index (κ1) is 51.1. The van der Waals surface area contributed by atoms with Crippen LogP contribution in [0.4, 0.5) is 38.9 Å². The number of benzene rings is 3. The topological polar surface area (TPSA) is 216 Å². The summed E-state index contributed by atoms with van der Waals surface area (Å²) in [5, 5.41) is 14.2. The number of fused-ring (bicyclic) bond motifs is 2. The minimum atomic E-state index is -2.85. The number of ether oxygens (including phenoxy) is 1. The largest absolute Gasteiger partial charge is 0.494 e. The summed E-state index contributed by atoms with van der Waals surface area (Å²) in [6.45, 7) is 9.61. The van der Waals surface area contributed by atoms with E-state index in [9.17, 15) is 23.7 Å². The molecule has 3 aromatic heterocycles. The normalized spacial score (nSPS) is 19.8. The van der Waals surface area contributed by atoms with Gasteiger partial charge in [0.2, 0.25) is 17.8 Å². The summed E-state index contributed by atoms with van der Waals surface area (Å²) in [7, 11) is 0.670. The van der Waals surface area contributed by atoms with Gasteiger partial charge >= 0.3 is 0 Å². The Balaban J connectivity index is 0.708. The van der Waals surface area contributed by atoms with E-state index in [2.05, 4.69) is 55.6 Å². The van der Waals surface area contributed by atoms with Gasteiger partial charge in [-0.2, -0.15) is 10.1 Å². The monoisotopic (exact) mass is 1070 g/mol. The fourth-order valence-electron chi connectivity index (χ4n) is 11.5. The molecule has 23 heteroatoms. The van der Waals surface area contributed by atoms with Crippen LogP contribution in [0.15, 0.2) is 73.4 Å². The Morgan fingerprint density at radius 2 is 1.58 bits per heavy atom. The van der Waals surface area contributed by atoms with Crippen LogP contribution in [0.3, 0.4) is 0 Å². The highest BCUT2D eigenvalue weighted by Crippen LogP contribution is 2.44. The molecule has 0 radical (unpaired) electrons. The predicted molar refractivity (Wildman–Crippen MR) is 289 cm³/mol. The van der Waals surface area contributed by atoms with Crippen molar-refractivity contribution < 1.29 is 32.9 Å². The molecular formula is C53H59ClFN14O6P. The number of anilines is 6. The Kier molecular flexibility index (Phi) is 13.8. The summed E-state index contributed by atoms with van der Waals surface area (Å²) in [6.07, 6.45) is 11.3. The smallest absolute Gasteiger partial charge is 0.262 e.